The van der Waals surface area contributed by atoms with Crippen molar-refractivity contribution in [1.29, 1.82) is 0 Å². The molecule has 2 heterocycles. The van der Waals surface area contributed by atoms with Crippen molar-refractivity contribution in [1.82, 2.24) is 9.97 Å². The summed E-state index contributed by atoms with van der Waals surface area (Å²) in [5.74, 6) is -1.11. The summed E-state index contributed by atoms with van der Waals surface area (Å²) < 4.78 is 4.99. The van der Waals surface area contributed by atoms with E-state index in [1.54, 1.807) is 12.4 Å². The number of carboxylic acids is 1. The molecule has 0 aliphatic rings. The summed E-state index contributed by atoms with van der Waals surface area (Å²) in [6.07, 6.45) is 4.50. The standard InChI is InChI=1S/C11H11N3O3/c1-7(8-3-2-4-12-5-8)13-11-14-9(6-17-11)10(15)16/h2-7H,1H3,(H,13,14)(H,15,16). The van der Waals surface area contributed by atoms with Crippen molar-refractivity contribution in [3.8, 4) is 0 Å². The van der Waals surface area contributed by atoms with Crippen LogP contribution in [-0.2, 0) is 0 Å². The highest BCUT2D eigenvalue weighted by Gasteiger charge is 2.12. The molecule has 0 radical (unpaired) electrons. The Bertz CT molecular complexity index is 510. The Morgan fingerprint density at radius 2 is 2.41 bits per heavy atom. The first-order chi connectivity index (χ1) is 8.16. The number of rotatable bonds is 4. The third-order valence-corrected chi connectivity index (χ3v) is 2.25. The number of oxazole rings is 1. The minimum absolute atomic E-state index is 0.0657. The molecule has 2 aromatic heterocycles. The maximum absolute atomic E-state index is 10.6. The molecule has 0 spiro atoms. The molecule has 0 aromatic carbocycles. The lowest BCUT2D eigenvalue weighted by atomic mass is 10.1. The van der Waals surface area contributed by atoms with Gasteiger partial charge in [0.15, 0.2) is 5.69 Å². The molecule has 2 aromatic rings. The third-order valence-electron chi connectivity index (χ3n) is 2.25. The van der Waals surface area contributed by atoms with Crippen molar-refractivity contribution in [2.45, 2.75) is 13.0 Å². The highest BCUT2D eigenvalue weighted by atomic mass is 16.4. The van der Waals surface area contributed by atoms with Gasteiger partial charge in [-0.1, -0.05) is 6.07 Å². The fraction of sp³-hybridized carbons (Fsp3) is 0.182. The molecule has 1 unspecified atom stereocenters. The lowest BCUT2D eigenvalue weighted by Crippen LogP contribution is -2.07. The van der Waals surface area contributed by atoms with Crippen molar-refractivity contribution in [2.24, 2.45) is 0 Å². The van der Waals surface area contributed by atoms with Crippen LogP contribution in [0.1, 0.15) is 29.0 Å². The predicted molar refractivity (Wildman–Crippen MR) is 59.7 cm³/mol. The molecule has 0 aliphatic carbocycles. The molecule has 2 N–H and O–H groups in total. The molecule has 6 nitrogen and oxygen atoms in total. The van der Waals surface area contributed by atoms with E-state index in [-0.39, 0.29) is 17.8 Å². The average molecular weight is 233 g/mol. The van der Waals surface area contributed by atoms with Gasteiger partial charge in [0.2, 0.25) is 0 Å². The summed E-state index contributed by atoms with van der Waals surface area (Å²) in [5.41, 5.74) is 0.841. The van der Waals surface area contributed by atoms with E-state index < -0.39 is 5.97 Å². The van der Waals surface area contributed by atoms with Gasteiger partial charge in [-0.2, -0.15) is 4.98 Å². The largest absolute Gasteiger partial charge is 0.476 e. The number of nitrogens with zero attached hydrogens (tertiary/aromatic N) is 2. The zero-order valence-electron chi connectivity index (χ0n) is 9.12. The smallest absolute Gasteiger partial charge is 0.357 e. The molecular weight excluding hydrogens is 222 g/mol. The first kappa shape index (κ1) is 11.1. The van der Waals surface area contributed by atoms with Gasteiger partial charge in [0, 0.05) is 12.4 Å². The van der Waals surface area contributed by atoms with Crippen LogP contribution < -0.4 is 5.32 Å². The number of hydrogen-bond acceptors (Lipinski definition) is 5. The molecule has 0 saturated heterocycles. The Morgan fingerprint density at radius 1 is 1.59 bits per heavy atom. The Morgan fingerprint density at radius 3 is 3.00 bits per heavy atom. The summed E-state index contributed by atoms with van der Waals surface area (Å²) in [7, 11) is 0. The van der Waals surface area contributed by atoms with E-state index >= 15 is 0 Å². The predicted octanol–water partition coefficient (Wildman–Crippen LogP) is 1.94. The van der Waals surface area contributed by atoms with Gasteiger partial charge in [0.25, 0.3) is 6.01 Å². The van der Waals surface area contributed by atoms with E-state index in [0.29, 0.717) is 0 Å². The number of aromatic carboxylic acids is 1. The molecule has 0 fully saturated rings. The number of nitrogens with one attached hydrogen (secondary N) is 1. The van der Waals surface area contributed by atoms with Gasteiger partial charge in [-0.3, -0.25) is 4.98 Å². The highest BCUT2D eigenvalue weighted by molar-refractivity contribution is 5.85. The van der Waals surface area contributed by atoms with E-state index in [1.807, 2.05) is 19.1 Å². The Hall–Kier alpha value is -2.37. The van der Waals surface area contributed by atoms with Crippen molar-refractivity contribution in [2.75, 3.05) is 5.32 Å². The monoisotopic (exact) mass is 233 g/mol. The fourth-order valence-electron chi connectivity index (χ4n) is 1.34. The number of aromatic nitrogens is 2. The van der Waals surface area contributed by atoms with E-state index in [4.69, 9.17) is 9.52 Å². The number of carboxylic acid groups (broad SMARTS) is 1. The molecule has 88 valence electrons. The quantitative estimate of drug-likeness (QED) is 0.838. The van der Waals surface area contributed by atoms with Crippen LogP contribution in [0.5, 0.6) is 0 Å². The van der Waals surface area contributed by atoms with Crippen LogP contribution in [0.4, 0.5) is 6.01 Å². The van der Waals surface area contributed by atoms with Gasteiger partial charge in [-0.15, -0.1) is 0 Å². The minimum atomic E-state index is -1.11. The van der Waals surface area contributed by atoms with Crippen LogP contribution >= 0.6 is 0 Å². The van der Waals surface area contributed by atoms with Gasteiger partial charge in [0.1, 0.15) is 6.26 Å². The Balaban J connectivity index is 2.08. The summed E-state index contributed by atoms with van der Waals surface area (Å²) in [4.78, 5) is 18.4. The van der Waals surface area contributed by atoms with Crippen LogP contribution in [0.15, 0.2) is 35.2 Å². The molecular formula is C11H11N3O3. The third kappa shape index (κ3) is 2.60. The second kappa shape index (κ2) is 4.65. The normalized spacial score (nSPS) is 12.1. The zero-order valence-corrected chi connectivity index (χ0v) is 9.12. The summed E-state index contributed by atoms with van der Waals surface area (Å²) in [5, 5.41) is 11.6. The maximum Gasteiger partial charge on any atom is 0.357 e. The van der Waals surface area contributed by atoms with Gasteiger partial charge < -0.3 is 14.8 Å². The summed E-state index contributed by atoms with van der Waals surface area (Å²) in [6, 6.07) is 3.85. The summed E-state index contributed by atoms with van der Waals surface area (Å²) in [6.45, 7) is 1.90. The number of hydrogen-bond donors (Lipinski definition) is 2. The maximum atomic E-state index is 10.6. The van der Waals surface area contributed by atoms with Crippen LogP contribution in [0.2, 0.25) is 0 Å². The Labute approximate surface area is 97.3 Å². The SMILES string of the molecule is CC(Nc1nc(C(=O)O)co1)c1cccnc1. The van der Waals surface area contributed by atoms with E-state index in [9.17, 15) is 4.79 Å². The number of anilines is 1. The molecule has 0 saturated carbocycles. The van der Waals surface area contributed by atoms with Crippen LogP contribution in [0.25, 0.3) is 0 Å². The first-order valence-electron chi connectivity index (χ1n) is 5.02. The van der Waals surface area contributed by atoms with Gasteiger partial charge in [-0.25, -0.2) is 4.79 Å². The van der Waals surface area contributed by atoms with Crippen molar-refractivity contribution in [3.63, 3.8) is 0 Å². The molecule has 6 heteroatoms. The van der Waals surface area contributed by atoms with Crippen LogP contribution in [0, 0.1) is 0 Å². The van der Waals surface area contributed by atoms with Crippen LogP contribution in [-0.4, -0.2) is 21.0 Å². The minimum Gasteiger partial charge on any atom is -0.476 e. The highest BCUT2D eigenvalue weighted by Crippen LogP contribution is 2.17. The summed E-state index contributed by atoms with van der Waals surface area (Å²) >= 11 is 0. The van der Waals surface area contributed by atoms with Crippen molar-refractivity contribution < 1.29 is 14.3 Å². The van der Waals surface area contributed by atoms with Gasteiger partial charge in [0.05, 0.1) is 6.04 Å². The topological polar surface area (TPSA) is 88.2 Å². The van der Waals surface area contributed by atoms with E-state index in [1.165, 1.54) is 0 Å². The van der Waals surface area contributed by atoms with E-state index in [2.05, 4.69) is 15.3 Å². The van der Waals surface area contributed by atoms with Crippen LogP contribution in [0.3, 0.4) is 0 Å². The zero-order chi connectivity index (χ0) is 12.3. The molecule has 1 atom stereocenters. The fourth-order valence-corrected chi connectivity index (χ4v) is 1.34. The first-order valence-corrected chi connectivity index (χ1v) is 5.02. The van der Waals surface area contributed by atoms with E-state index in [0.717, 1.165) is 11.8 Å². The van der Waals surface area contributed by atoms with Crippen molar-refractivity contribution in [3.05, 3.63) is 42.0 Å². The number of carbonyl (C=O) groups is 1. The molecule has 17 heavy (non-hydrogen) atoms. The number of pyridine rings is 1. The molecule has 0 amide bonds. The van der Waals surface area contributed by atoms with Gasteiger partial charge >= 0.3 is 5.97 Å². The second-order valence-electron chi connectivity index (χ2n) is 3.50. The average Bonchev–Trinajstić information content (AvgIpc) is 2.79. The lowest BCUT2D eigenvalue weighted by Gasteiger charge is -2.11. The molecule has 0 aliphatic heterocycles. The molecule has 2 rings (SSSR count). The van der Waals surface area contributed by atoms with Gasteiger partial charge in [-0.05, 0) is 18.6 Å². The second-order valence-corrected chi connectivity index (χ2v) is 3.50. The van der Waals surface area contributed by atoms with Crippen molar-refractivity contribution >= 4 is 12.0 Å². The molecule has 0 bridgehead atoms. The Kier molecular flexibility index (Phi) is 3.04. The lowest BCUT2D eigenvalue weighted by molar-refractivity contribution is 0.0690.